The first-order valence-electron chi connectivity index (χ1n) is 13.7. The van der Waals surface area contributed by atoms with Crippen molar-refractivity contribution in [1.82, 2.24) is 25.5 Å². The molecule has 0 radical (unpaired) electrons. The molecular weight excluding hydrogens is 520 g/mol. The van der Waals surface area contributed by atoms with E-state index in [-0.39, 0.29) is 0 Å². The van der Waals surface area contributed by atoms with Crippen molar-refractivity contribution in [2.24, 2.45) is 0 Å². The molecule has 0 saturated carbocycles. The van der Waals surface area contributed by atoms with Gasteiger partial charge in [-0.2, -0.15) is 0 Å². The number of pyridine rings is 2. The Balaban J connectivity index is 1.12. The smallest absolute Gasteiger partial charge is 0.241 e. The Bertz CT molecular complexity index is 1590. The van der Waals surface area contributed by atoms with Crippen LogP contribution in [-0.2, 0) is 0 Å². The Kier molecular flexibility index (Phi) is 8.20. The summed E-state index contributed by atoms with van der Waals surface area (Å²) >= 11 is 1.65. The minimum atomic E-state index is 0.584. The third-order valence-corrected chi connectivity index (χ3v) is 8.15. The zero-order valence-corrected chi connectivity index (χ0v) is 23.3. The fraction of sp³-hybridized carbons (Fsp3) is 0.290. The maximum atomic E-state index is 6.08. The molecule has 0 amide bonds. The first-order chi connectivity index (χ1) is 19.8. The van der Waals surface area contributed by atoms with Crippen LogP contribution in [0.2, 0.25) is 0 Å². The number of nitrogens with one attached hydrogen (secondary N) is 2. The second-order valence-corrected chi connectivity index (χ2v) is 11.0. The van der Waals surface area contributed by atoms with E-state index in [0.29, 0.717) is 30.1 Å². The molecule has 9 heteroatoms. The number of anilines is 2. The van der Waals surface area contributed by atoms with Crippen LogP contribution in [-0.4, -0.2) is 46.5 Å². The van der Waals surface area contributed by atoms with Crippen molar-refractivity contribution in [3.05, 3.63) is 73.1 Å². The standard InChI is InChI=1S/C31H32N6O2S/c1-38-23-19-27-29(34-20-23)28(15-17-33-27)40-24-13-11-22(12-14-24)35-30-25-9-2-3-10-26(25)31(37-36-30)39-18-6-8-21-7-4-5-16-32-21/h2-3,9-15,17,19-21,32H,4-8,16,18H2,1H3,(H,35,36). The van der Waals surface area contributed by atoms with E-state index in [1.807, 2.05) is 48.5 Å². The normalized spacial score (nSPS) is 15.3. The van der Waals surface area contributed by atoms with Gasteiger partial charge in [-0.05, 0) is 68.6 Å². The average Bonchev–Trinajstić information content (AvgIpc) is 3.01. The van der Waals surface area contributed by atoms with Crippen molar-refractivity contribution in [3.63, 3.8) is 0 Å². The lowest BCUT2D eigenvalue weighted by atomic mass is 10.0. The Hall–Kier alpha value is -3.95. The van der Waals surface area contributed by atoms with E-state index in [0.717, 1.165) is 56.7 Å². The number of rotatable bonds is 10. The first-order valence-corrected chi connectivity index (χ1v) is 14.5. The van der Waals surface area contributed by atoms with Crippen LogP contribution in [0, 0.1) is 0 Å². The van der Waals surface area contributed by atoms with Crippen molar-refractivity contribution in [3.8, 4) is 11.6 Å². The lowest BCUT2D eigenvalue weighted by Crippen LogP contribution is -2.34. The van der Waals surface area contributed by atoms with E-state index in [4.69, 9.17) is 9.47 Å². The summed E-state index contributed by atoms with van der Waals surface area (Å²) in [4.78, 5) is 11.1. The number of aromatic nitrogens is 4. The van der Waals surface area contributed by atoms with E-state index in [2.05, 4.69) is 42.9 Å². The van der Waals surface area contributed by atoms with Crippen LogP contribution in [0.3, 0.4) is 0 Å². The molecule has 0 aliphatic carbocycles. The van der Waals surface area contributed by atoms with Gasteiger partial charge in [-0.15, -0.1) is 10.2 Å². The van der Waals surface area contributed by atoms with Crippen LogP contribution in [0.4, 0.5) is 11.5 Å². The SMILES string of the molecule is COc1cnc2c(Sc3ccc(Nc4nnc(OCCCC5CCCCN5)c5ccccc45)cc3)ccnc2c1. The third-order valence-electron chi connectivity index (χ3n) is 7.10. The Morgan fingerprint density at radius 2 is 1.88 bits per heavy atom. The lowest BCUT2D eigenvalue weighted by Gasteiger charge is -2.23. The van der Waals surface area contributed by atoms with Crippen LogP contribution in [0.5, 0.6) is 11.6 Å². The Morgan fingerprint density at radius 3 is 2.70 bits per heavy atom. The van der Waals surface area contributed by atoms with Crippen molar-refractivity contribution >= 4 is 45.1 Å². The lowest BCUT2D eigenvalue weighted by molar-refractivity contribution is 0.277. The highest BCUT2D eigenvalue weighted by molar-refractivity contribution is 7.99. The van der Waals surface area contributed by atoms with E-state index in [9.17, 15) is 0 Å². The second-order valence-electron chi connectivity index (χ2n) is 9.84. The van der Waals surface area contributed by atoms with E-state index >= 15 is 0 Å². The molecule has 2 aromatic carbocycles. The molecule has 5 aromatic rings. The van der Waals surface area contributed by atoms with Gasteiger partial charge in [-0.3, -0.25) is 4.98 Å². The monoisotopic (exact) mass is 552 g/mol. The van der Waals surface area contributed by atoms with Crippen molar-refractivity contribution < 1.29 is 9.47 Å². The molecule has 0 bridgehead atoms. The number of ether oxygens (including phenoxy) is 2. The molecule has 6 rings (SSSR count). The van der Waals surface area contributed by atoms with Gasteiger partial charge in [0.05, 0.1) is 25.4 Å². The molecule has 204 valence electrons. The zero-order chi connectivity index (χ0) is 27.1. The maximum Gasteiger partial charge on any atom is 0.241 e. The van der Waals surface area contributed by atoms with Crippen molar-refractivity contribution in [2.75, 3.05) is 25.6 Å². The summed E-state index contributed by atoms with van der Waals surface area (Å²) in [6, 6.07) is 20.8. The summed E-state index contributed by atoms with van der Waals surface area (Å²) in [7, 11) is 1.63. The summed E-state index contributed by atoms with van der Waals surface area (Å²) in [6.45, 7) is 1.77. The van der Waals surface area contributed by atoms with Crippen molar-refractivity contribution in [1.29, 1.82) is 0 Å². The molecule has 1 unspecified atom stereocenters. The van der Waals surface area contributed by atoms with Gasteiger partial charge in [-0.25, -0.2) is 4.98 Å². The molecule has 1 saturated heterocycles. The highest BCUT2D eigenvalue weighted by atomic mass is 32.2. The minimum Gasteiger partial charge on any atom is -0.495 e. The predicted octanol–water partition coefficient (Wildman–Crippen LogP) is 6.78. The molecule has 40 heavy (non-hydrogen) atoms. The van der Waals surface area contributed by atoms with Gasteiger partial charge in [0.15, 0.2) is 5.82 Å². The average molecular weight is 553 g/mol. The molecule has 8 nitrogen and oxygen atoms in total. The fourth-order valence-electron chi connectivity index (χ4n) is 5.00. The van der Waals surface area contributed by atoms with Gasteiger partial charge >= 0.3 is 0 Å². The predicted molar refractivity (Wildman–Crippen MR) is 160 cm³/mol. The molecule has 2 N–H and O–H groups in total. The topological polar surface area (TPSA) is 94.1 Å². The van der Waals surface area contributed by atoms with E-state index in [1.54, 1.807) is 31.3 Å². The van der Waals surface area contributed by atoms with Crippen LogP contribution < -0.4 is 20.1 Å². The number of hydrogen-bond donors (Lipinski definition) is 2. The number of benzene rings is 2. The second kappa shape index (κ2) is 12.5. The van der Waals surface area contributed by atoms with E-state index < -0.39 is 0 Å². The largest absolute Gasteiger partial charge is 0.495 e. The summed E-state index contributed by atoms with van der Waals surface area (Å²) in [5, 5.41) is 17.9. The van der Waals surface area contributed by atoms with Crippen molar-refractivity contribution in [2.45, 2.75) is 47.9 Å². The zero-order valence-electron chi connectivity index (χ0n) is 22.5. The Morgan fingerprint density at radius 1 is 1.00 bits per heavy atom. The summed E-state index contributed by atoms with van der Waals surface area (Å²) in [6.07, 6.45) is 9.51. The van der Waals surface area contributed by atoms with Crippen LogP contribution >= 0.6 is 11.8 Å². The quantitative estimate of drug-likeness (QED) is 0.182. The van der Waals surface area contributed by atoms with Gasteiger partial charge in [0, 0.05) is 44.6 Å². The minimum absolute atomic E-state index is 0.584. The number of fused-ring (bicyclic) bond motifs is 2. The number of nitrogens with zero attached hydrogens (tertiary/aromatic N) is 4. The Labute approximate surface area is 237 Å². The molecule has 4 heterocycles. The van der Waals surface area contributed by atoms with Crippen LogP contribution in [0.25, 0.3) is 21.8 Å². The number of piperidine rings is 1. The van der Waals surface area contributed by atoms with Gasteiger partial charge in [-0.1, -0.05) is 36.4 Å². The maximum absolute atomic E-state index is 6.08. The number of methoxy groups -OCH3 is 1. The van der Waals surface area contributed by atoms with Gasteiger partial charge in [0.25, 0.3) is 0 Å². The molecule has 3 aromatic heterocycles. The third kappa shape index (κ3) is 6.11. The summed E-state index contributed by atoms with van der Waals surface area (Å²) in [5.74, 6) is 1.98. The highest BCUT2D eigenvalue weighted by Crippen LogP contribution is 2.34. The van der Waals surface area contributed by atoms with Crippen LogP contribution in [0.15, 0.2) is 82.8 Å². The molecular formula is C31H32N6O2S. The fourth-order valence-corrected chi connectivity index (χ4v) is 5.91. The number of hydrogen-bond acceptors (Lipinski definition) is 9. The van der Waals surface area contributed by atoms with Crippen LogP contribution in [0.1, 0.15) is 32.1 Å². The first kappa shape index (κ1) is 26.3. The van der Waals surface area contributed by atoms with Gasteiger partial charge in [0.2, 0.25) is 5.88 Å². The van der Waals surface area contributed by atoms with Gasteiger partial charge in [0.1, 0.15) is 11.3 Å². The summed E-state index contributed by atoms with van der Waals surface area (Å²) < 4.78 is 11.4. The molecule has 1 atom stereocenters. The molecule has 1 fully saturated rings. The molecule has 1 aliphatic heterocycles. The highest BCUT2D eigenvalue weighted by Gasteiger charge is 2.14. The van der Waals surface area contributed by atoms with E-state index in [1.165, 1.54) is 19.3 Å². The molecule has 0 spiro atoms. The van der Waals surface area contributed by atoms with Gasteiger partial charge < -0.3 is 20.1 Å². The molecule has 1 aliphatic rings. The summed E-state index contributed by atoms with van der Waals surface area (Å²) in [5.41, 5.74) is 2.59.